The standard InChI is InChI=1S/C14H21NO4/c1-18-8-7-15(10-14(16)17)9-12-3-5-13(6-4-12)11-19-2/h3-6H,7-11H2,1-2H3,(H,16,17). The van der Waals surface area contributed by atoms with Crippen molar-refractivity contribution in [2.45, 2.75) is 13.2 Å². The molecule has 0 saturated heterocycles. The highest BCUT2D eigenvalue weighted by atomic mass is 16.5. The summed E-state index contributed by atoms with van der Waals surface area (Å²) in [5, 5.41) is 8.88. The average Bonchev–Trinajstić information content (AvgIpc) is 2.38. The number of nitrogens with zero attached hydrogens (tertiary/aromatic N) is 1. The van der Waals surface area contributed by atoms with Crippen molar-refractivity contribution in [2.24, 2.45) is 0 Å². The van der Waals surface area contributed by atoms with Gasteiger partial charge in [0.25, 0.3) is 0 Å². The van der Waals surface area contributed by atoms with E-state index in [1.807, 2.05) is 29.2 Å². The van der Waals surface area contributed by atoms with Crippen LogP contribution in [0, 0.1) is 0 Å². The van der Waals surface area contributed by atoms with E-state index in [1.165, 1.54) is 0 Å². The van der Waals surface area contributed by atoms with Crippen LogP contribution >= 0.6 is 0 Å². The summed E-state index contributed by atoms with van der Waals surface area (Å²) in [6.07, 6.45) is 0. The smallest absolute Gasteiger partial charge is 0.317 e. The molecule has 0 heterocycles. The predicted octanol–water partition coefficient (Wildman–Crippen LogP) is 1.37. The number of methoxy groups -OCH3 is 2. The number of hydrogen-bond acceptors (Lipinski definition) is 4. The minimum atomic E-state index is -0.827. The van der Waals surface area contributed by atoms with E-state index in [1.54, 1.807) is 14.2 Å². The minimum Gasteiger partial charge on any atom is -0.480 e. The van der Waals surface area contributed by atoms with Crippen molar-refractivity contribution in [2.75, 3.05) is 33.9 Å². The zero-order valence-corrected chi connectivity index (χ0v) is 11.5. The second-order valence-electron chi connectivity index (χ2n) is 4.35. The van der Waals surface area contributed by atoms with E-state index in [4.69, 9.17) is 14.6 Å². The van der Waals surface area contributed by atoms with Gasteiger partial charge in [0.05, 0.1) is 19.8 Å². The van der Waals surface area contributed by atoms with Gasteiger partial charge in [-0.25, -0.2) is 0 Å². The van der Waals surface area contributed by atoms with Crippen LogP contribution in [0.15, 0.2) is 24.3 Å². The molecule has 0 fully saturated rings. The second-order valence-corrected chi connectivity index (χ2v) is 4.35. The van der Waals surface area contributed by atoms with Crippen molar-refractivity contribution in [3.05, 3.63) is 35.4 Å². The molecule has 0 atom stereocenters. The molecule has 0 unspecified atom stereocenters. The number of benzene rings is 1. The second kappa shape index (κ2) is 8.63. The van der Waals surface area contributed by atoms with Gasteiger partial charge in [-0.2, -0.15) is 0 Å². The summed E-state index contributed by atoms with van der Waals surface area (Å²) in [6, 6.07) is 7.98. The Morgan fingerprint density at radius 1 is 1.16 bits per heavy atom. The highest BCUT2D eigenvalue weighted by Crippen LogP contribution is 2.08. The maximum atomic E-state index is 10.8. The molecule has 0 aliphatic carbocycles. The van der Waals surface area contributed by atoms with Gasteiger partial charge in [-0.3, -0.25) is 9.69 Å². The topological polar surface area (TPSA) is 59.0 Å². The highest BCUT2D eigenvalue weighted by molar-refractivity contribution is 5.69. The summed E-state index contributed by atoms with van der Waals surface area (Å²) in [5.41, 5.74) is 2.19. The maximum Gasteiger partial charge on any atom is 0.317 e. The third kappa shape index (κ3) is 6.33. The van der Waals surface area contributed by atoms with Crippen molar-refractivity contribution in [1.82, 2.24) is 4.90 Å². The SMILES string of the molecule is COCCN(CC(=O)O)Cc1ccc(COC)cc1. The molecule has 0 aliphatic rings. The number of ether oxygens (including phenoxy) is 2. The average molecular weight is 267 g/mol. The Balaban J connectivity index is 2.58. The van der Waals surface area contributed by atoms with Crippen LogP contribution in [0.1, 0.15) is 11.1 Å². The van der Waals surface area contributed by atoms with E-state index >= 15 is 0 Å². The summed E-state index contributed by atoms with van der Waals surface area (Å²) in [4.78, 5) is 12.6. The normalized spacial score (nSPS) is 10.9. The number of carboxylic acid groups (broad SMARTS) is 1. The van der Waals surface area contributed by atoms with Gasteiger partial charge < -0.3 is 14.6 Å². The lowest BCUT2D eigenvalue weighted by Crippen LogP contribution is -2.32. The molecule has 19 heavy (non-hydrogen) atoms. The first-order chi connectivity index (χ1) is 9.15. The van der Waals surface area contributed by atoms with Crippen LogP contribution < -0.4 is 0 Å². The van der Waals surface area contributed by atoms with Crippen molar-refractivity contribution in [1.29, 1.82) is 0 Å². The van der Waals surface area contributed by atoms with Gasteiger partial charge in [0.1, 0.15) is 0 Å². The van der Waals surface area contributed by atoms with E-state index in [-0.39, 0.29) is 6.54 Å². The number of carbonyl (C=O) groups is 1. The number of rotatable bonds is 9. The summed E-state index contributed by atoms with van der Waals surface area (Å²) < 4.78 is 10.0. The van der Waals surface area contributed by atoms with Crippen LogP contribution in [0.2, 0.25) is 0 Å². The van der Waals surface area contributed by atoms with Gasteiger partial charge in [-0.05, 0) is 11.1 Å². The van der Waals surface area contributed by atoms with Gasteiger partial charge >= 0.3 is 5.97 Å². The fourth-order valence-electron chi connectivity index (χ4n) is 1.79. The lowest BCUT2D eigenvalue weighted by molar-refractivity contribution is -0.138. The molecule has 0 spiro atoms. The van der Waals surface area contributed by atoms with Gasteiger partial charge in [0, 0.05) is 27.3 Å². The fraction of sp³-hybridized carbons (Fsp3) is 0.500. The van der Waals surface area contributed by atoms with E-state index in [0.717, 1.165) is 11.1 Å². The highest BCUT2D eigenvalue weighted by Gasteiger charge is 2.10. The number of hydrogen-bond donors (Lipinski definition) is 1. The number of carboxylic acids is 1. The van der Waals surface area contributed by atoms with Crippen LogP contribution in [0.3, 0.4) is 0 Å². The first-order valence-corrected chi connectivity index (χ1v) is 6.15. The zero-order valence-electron chi connectivity index (χ0n) is 11.5. The molecule has 0 amide bonds. The third-order valence-electron chi connectivity index (χ3n) is 2.71. The van der Waals surface area contributed by atoms with Crippen LogP contribution in [-0.2, 0) is 27.4 Å². The Bertz CT molecular complexity index is 378. The summed E-state index contributed by atoms with van der Waals surface area (Å²) in [5.74, 6) is -0.827. The maximum absolute atomic E-state index is 10.8. The molecule has 0 aliphatic heterocycles. The molecule has 5 heteroatoms. The molecule has 1 rings (SSSR count). The lowest BCUT2D eigenvalue weighted by atomic mass is 10.1. The molecule has 0 bridgehead atoms. The van der Waals surface area contributed by atoms with Crippen molar-refractivity contribution in [3.8, 4) is 0 Å². The van der Waals surface area contributed by atoms with E-state index in [9.17, 15) is 4.79 Å². The summed E-state index contributed by atoms with van der Waals surface area (Å²) in [7, 11) is 3.27. The van der Waals surface area contributed by atoms with Gasteiger partial charge in [0.15, 0.2) is 0 Å². The summed E-state index contributed by atoms with van der Waals surface area (Å²) >= 11 is 0. The quantitative estimate of drug-likeness (QED) is 0.732. The molecule has 1 aromatic rings. The van der Waals surface area contributed by atoms with Crippen molar-refractivity contribution < 1.29 is 19.4 Å². The van der Waals surface area contributed by atoms with Crippen LogP contribution in [0.5, 0.6) is 0 Å². The molecule has 0 radical (unpaired) electrons. The monoisotopic (exact) mass is 267 g/mol. The molecule has 0 saturated carbocycles. The molecular weight excluding hydrogens is 246 g/mol. The molecule has 0 aromatic heterocycles. The van der Waals surface area contributed by atoms with Gasteiger partial charge in [-0.15, -0.1) is 0 Å². The summed E-state index contributed by atoms with van der Waals surface area (Å²) in [6.45, 7) is 2.33. The first-order valence-electron chi connectivity index (χ1n) is 6.15. The molecule has 106 valence electrons. The zero-order chi connectivity index (χ0) is 14.1. The van der Waals surface area contributed by atoms with Gasteiger partial charge in [-0.1, -0.05) is 24.3 Å². The lowest BCUT2D eigenvalue weighted by Gasteiger charge is -2.19. The van der Waals surface area contributed by atoms with E-state index in [0.29, 0.717) is 26.3 Å². The minimum absolute atomic E-state index is 0.0170. The Hall–Kier alpha value is -1.43. The predicted molar refractivity (Wildman–Crippen MR) is 71.9 cm³/mol. The van der Waals surface area contributed by atoms with E-state index in [2.05, 4.69) is 0 Å². The van der Waals surface area contributed by atoms with E-state index < -0.39 is 5.97 Å². The molecular formula is C14H21NO4. The van der Waals surface area contributed by atoms with Crippen LogP contribution in [0.4, 0.5) is 0 Å². The Morgan fingerprint density at radius 2 is 1.79 bits per heavy atom. The molecule has 1 aromatic carbocycles. The molecule has 1 N–H and O–H groups in total. The van der Waals surface area contributed by atoms with Crippen molar-refractivity contribution >= 4 is 5.97 Å². The van der Waals surface area contributed by atoms with Crippen molar-refractivity contribution in [3.63, 3.8) is 0 Å². The fourth-order valence-corrected chi connectivity index (χ4v) is 1.79. The molecule has 5 nitrogen and oxygen atoms in total. The van der Waals surface area contributed by atoms with Gasteiger partial charge in [0.2, 0.25) is 0 Å². The van der Waals surface area contributed by atoms with Crippen LogP contribution in [0.25, 0.3) is 0 Å². The Kier molecular flexibility index (Phi) is 7.10. The first kappa shape index (κ1) is 15.6. The number of aliphatic carboxylic acids is 1. The Labute approximate surface area is 113 Å². The third-order valence-corrected chi connectivity index (χ3v) is 2.71. The Morgan fingerprint density at radius 3 is 2.32 bits per heavy atom. The van der Waals surface area contributed by atoms with Crippen LogP contribution in [-0.4, -0.2) is 49.9 Å². The largest absolute Gasteiger partial charge is 0.480 e.